The lowest BCUT2D eigenvalue weighted by Crippen LogP contribution is -2.16. The van der Waals surface area contributed by atoms with Crippen LogP contribution in [0.15, 0.2) is 24.3 Å². The number of aryl methyl sites for hydroxylation is 1. The molecule has 0 radical (unpaired) electrons. The molecule has 122 valence electrons. The van der Waals surface area contributed by atoms with E-state index in [1.807, 2.05) is 38.1 Å². The first-order valence-corrected chi connectivity index (χ1v) is 7.89. The second-order valence-electron chi connectivity index (χ2n) is 5.05. The van der Waals surface area contributed by atoms with Gasteiger partial charge < -0.3 is 14.8 Å². The average molecular weight is 333 g/mol. The summed E-state index contributed by atoms with van der Waals surface area (Å²) in [5.41, 5.74) is 2.13. The van der Waals surface area contributed by atoms with Gasteiger partial charge in [0.2, 0.25) is 5.91 Å². The second-order valence-corrected chi connectivity index (χ2v) is 6.28. The maximum Gasteiger partial charge on any atom is 0.341 e. The number of carbonyl (C=O) groups excluding carboxylic acids is 2. The Morgan fingerprint density at radius 1 is 1.13 bits per heavy atom. The minimum absolute atomic E-state index is 0.179. The molecule has 6 heteroatoms. The molecule has 1 heterocycles. The fourth-order valence-corrected chi connectivity index (χ4v) is 3.23. The van der Waals surface area contributed by atoms with Crippen molar-refractivity contribution >= 4 is 28.2 Å². The van der Waals surface area contributed by atoms with Gasteiger partial charge in [-0.3, -0.25) is 4.79 Å². The highest BCUT2D eigenvalue weighted by Crippen LogP contribution is 2.33. The van der Waals surface area contributed by atoms with Gasteiger partial charge in [0.05, 0.1) is 26.2 Å². The van der Waals surface area contributed by atoms with Crippen molar-refractivity contribution in [2.75, 3.05) is 19.5 Å². The largest absolute Gasteiger partial charge is 0.497 e. The fraction of sp³-hybridized carbons (Fsp3) is 0.294. The van der Waals surface area contributed by atoms with Crippen molar-refractivity contribution in [3.05, 3.63) is 45.8 Å². The number of amides is 1. The monoisotopic (exact) mass is 333 g/mol. The van der Waals surface area contributed by atoms with Crippen LogP contribution in [0.2, 0.25) is 0 Å². The Kier molecular flexibility index (Phi) is 5.39. The summed E-state index contributed by atoms with van der Waals surface area (Å²) in [5, 5.41) is 3.34. The number of rotatable bonds is 5. The van der Waals surface area contributed by atoms with Crippen LogP contribution in [0.1, 0.15) is 26.4 Å². The van der Waals surface area contributed by atoms with Gasteiger partial charge in [0, 0.05) is 4.88 Å². The lowest BCUT2D eigenvalue weighted by atomic mass is 10.1. The maximum absolute atomic E-state index is 12.2. The molecule has 0 unspecified atom stereocenters. The van der Waals surface area contributed by atoms with E-state index < -0.39 is 5.97 Å². The van der Waals surface area contributed by atoms with E-state index in [1.165, 1.54) is 18.4 Å². The molecule has 0 saturated carbocycles. The van der Waals surface area contributed by atoms with Crippen molar-refractivity contribution in [3.8, 4) is 5.75 Å². The number of anilines is 1. The first kappa shape index (κ1) is 17.0. The number of hydrogen-bond donors (Lipinski definition) is 1. The number of methoxy groups -OCH3 is 2. The number of hydrogen-bond acceptors (Lipinski definition) is 5. The molecule has 0 spiro atoms. The van der Waals surface area contributed by atoms with Crippen LogP contribution in [0.25, 0.3) is 0 Å². The standard InChI is InChI=1S/C17H19NO4S/c1-10-11(2)23-16(15(10)17(20)22-4)18-14(19)9-12-5-7-13(21-3)8-6-12/h5-8H,9H2,1-4H3,(H,18,19). The molecular weight excluding hydrogens is 314 g/mol. The third-order valence-electron chi connectivity index (χ3n) is 3.55. The molecule has 0 aliphatic heterocycles. The van der Waals surface area contributed by atoms with Crippen LogP contribution in [0.4, 0.5) is 5.00 Å². The molecule has 0 aliphatic carbocycles. The average Bonchev–Trinajstić information content (AvgIpc) is 2.81. The minimum atomic E-state index is -0.438. The highest BCUT2D eigenvalue weighted by Gasteiger charge is 2.21. The molecule has 23 heavy (non-hydrogen) atoms. The molecule has 1 amide bonds. The van der Waals surface area contributed by atoms with Gasteiger partial charge in [-0.2, -0.15) is 0 Å². The van der Waals surface area contributed by atoms with Crippen molar-refractivity contribution in [2.45, 2.75) is 20.3 Å². The quantitative estimate of drug-likeness (QED) is 0.852. The number of esters is 1. The van der Waals surface area contributed by atoms with E-state index in [-0.39, 0.29) is 12.3 Å². The van der Waals surface area contributed by atoms with Crippen molar-refractivity contribution in [1.82, 2.24) is 0 Å². The van der Waals surface area contributed by atoms with E-state index in [1.54, 1.807) is 7.11 Å². The Morgan fingerprint density at radius 3 is 2.35 bits per heavy atom. The first-order valence-electron chi connectivity index (χ1n) is 7.07. The summed E-state index contributed by atoms with van der Waals surface area (Å²) in [6, 6.07) is 7.29. The summed E-state index contributed by atoms with van der Waals surface area (Å²) in [7, 11) is 2.93. The topological polar surface area (TPSA) is 64.6 Å². The van der Waals surface area contributed by atoms with Crippen LogP contribution in [0.5, 0.6) is 5.75 Å². The molecule has 0 fully saturated rings. The second kappa shape index (κ2) is 7.28. The summed E-state index contributed by atoms with van der Waals surface area (Å²) in [6.07, 6.45) is 0.223. The molecule has 2 rings (SSSR count). The third-order valence-corrected chi connectivity index (χ3v) is 4.67. The van der Waals surface area contributed by atoms with Crippen LogP contribution < -0.4 is 10.1 Å². The van der Waals surface area contributed by atoms with Crippen molar-refractivity contribution in [3.63, 3.8) is 0 Å². The molecule has 0 saturated heterocycles. The van der Waals surface area contributed by atoms with Gasteiger partial charge in [0.15, 0.2) is 0 Å². The van der Waals surface area contributed by atoms with E-state index in [4.69, 9.17) is 9.47 Å². The van der Waals surface area contributed by atoms with Gasteiger partial charge in [-0.25, -0.2) is 4.79 Å². The number of benzene rings is 1. The molecule has 5 nitrogen and oxygen atoms in total. The van der Waals surface area contributed by atoms with Crippen LogP contribution in [0, 0.1) is 13.8 Å². The Balaban J connectivity index is 2.13. The summed E-state index contributed by atoms with van der Waals surface area (Å²) in [5.74, 6) is 0.125. The van der Waals surface area contributed by atoms with Crippen molar-refractivity contribution < 1.29 is 19.1 Å². The van der Waals surface area contributed by atoms with E-state index in [0.29, 0.717) is 10.6 Å². The van der Waals surface area contributed by atoms with Crippen LogP contribution in [-0.2, 0) is 16.0 Å². The zero-order chi connectivity index (χ0) is 17.0. The van der Waals surface area contributed by atoms with Crippen molar-refractivity contribution in [1.29, 1.82) is 0 Å². The summed E-state index contributed by atoms with van der Waals surface area (Å²) in [4.78, 5) is 25.1. The van der Waals surface area contributed by atoms with E-state index in [0.717, 1.165) is 21.8 Å². The van der Waals surface area contributed by atoms with E-state index in [9.17, 15) is 9.59 Å². The molecule has 0 atom stereocenters. The summed E-state index contributed by atoms with van der Waals surface area (Å²) in [6.45, 7) is 3.75. The third kappa shape index (κ3) is 3.90. The molecule has 1 aromatic heterocycles. The predicted octanol–water partition coefficient (Wildman–Crippen LogP) is 3.34. The van der Waals surface area contributed by atoms with Crippen LogP contribution in [-0.4, -0.2) is 26.1 Å². The smallest absolute Gasteiger partial charge is 0.341 e. The van der Waals surface area contributed by atoms with Crippen LogP contribution >= 0.6 is 11.3 Å². The van der Waals surface area contributed by atoms with Gasteiger partial charge in [-0.05, 0) is 37.1 Å². The van der Waals surface area contributed by atoms with Gasteiger partial charge in [-0.1, -0.05) is 12.1 Å². The molecule has 0 aliphatic rings. The summed E-state index contributed by atoms with van der Waals surface area (Å²) >= 11 is 1.38. The van der Waals surface area contributed by atoms with E-state index in [2.05, 4.69) is 5.32 Å². The van der Waals surface area contributed by atoms with E-state index >= 15 is 0 Å². The Hall–Kier alpha value is -2.34. The zero-order valence-corrected chi connectivity index (χ0v) is 14.4. The molecule has 1 aromatic carbocycles. The number of nitrogens with one attached hydrogen (secondary N) is 1. The highest BCUT2D eigenvalue weighted by atomic mass is 32.1. The molecule has 0 bridgehead atoms. The molecule has 1 N–H and O–H groups in total. The predicted molar refractivity (Wildman–Crippen MR) is 90.5 cm³/mol. The highest BCUT2D eigenvalue weighted by molar-refractivity contribution is 7.16. The minimum Gasteiger partial charge on any atom is -0.497 e. The Morgan fingerprint density at radius 2 is 1.78 bits per heavy atom. The summed E-state index contributed by atoms with van der Waals surface area (Å²) < 4.78 is 9.89. The molecule has 2 aromatic rings. The normalized spacial score (nSPS) is 10.3. The number of ether oxygens (including phenoxy) is 2. The Bertz CT molecular complexity index is 719. The maximum atomic E-state index is 12.2. The van der Waals surface area contributed by atoms with Crippen molar-refractivity contribution in [2.24, 2.45) is 0 Å². The zero-order valence-electron chi connectivity index (χ0n) is 13.6. The van der Waals surface area contributed by atoms with Gasteiger partial charge >= 0.3 is 5.97 Å². The Labute approximate surface area is 139 Å². The lowest BCUT2D eigenvalue weighted by molar-refractivity contribution is -0.115. The van der Waals surface area contributed by atoms with Gasteiger partial charge in [0.1, 0.15) is 10.8 Å². The lowest BCUT2D eigenvalue weighted by Gasteiger charge is -2.07. The SMILES string of the molecule is COC(=O)c1c(NC(=O)Cc2ccc(OC)cc2)sc(C)c1C. The first-order chi connectivity index (χ1) is 11.0. The molecular formula is C17H19NO4S. The van der Waals surface area contributed by atoms with Crippen LogP contribution in [0.3, 0.4) is 0 Å². The van der Waals surface area contributed by atoms with Gasteiger partial charge in [0.25, 0.3) is 0 Å². The number of thiophene rings is 1. The fourth-order valence-electron chi connectivity index (χ4n) is 2.16. The van der Waals surface area contributed by atoms with Gasteiger partial charge in [-0.15, -0.1) is 11.3 Å². The number of carbonyl (C=O) groups is 2.